The molecule has 1 aromatic carbocycles. The van der Waals surface area contributed by atoms with Crippen LogP contribution in [-0.2, 0) is 11.0 Å². The van der Waals surface area contributed by atoms with E-state index < -0.39 is 17.3 Å². The fourth-order valence-electron chi connectivity index (χ4n) is 4.52. The Morgan fingerprint density at radius 1 is 1.23 bits per heavy atom. The van der Waals surface area contributed by atoms with Crippen molar-refractivity contribution in [2.45, 2.75) is 43.9 Å². The number of carbonyl (C=O) groups is 1. The Hall–Kier alpha value is -2.32. The smallest absolute Gasteiger partial charge is 0.416 e. The minimum absolute atomic E-state index is 0. The standard InChI is InChI=1S/C22H24F3N3O2.ClH/c1-13-10-14(16-5-4-15(22(23,24)25)12-19(16)30-3)11-18(26-13)17-6-7-21(27-17)8-9-28(2)20(21)29;/h4-5,10-12,17,27H,6-9H2,1-3H3;1H/t17-,21+;/m0./s1. The minimum atomic E-state index is -4.44. The highest BCUT2D eigenvalue weighted by Crippen LogP contribution is 2.41. The Morgan fingerprint density at radius 2 is 1.97 bits per heavy atom. The lowest BCUT2D eigenvalue weighted by Crippen LogP contribution is -2.47. The maximum atomic E-state index is 13.1. The van der Waals surface area contributed by atoms with Crippen molar-refractivity contribution < 1.29 is 22.7 Å². The second kappa shape index (κ2) is 8.31. The number of carbonyl (C=O) groups excluding carboxylic acids is 1. The second-order valence-corrected chi connectivity index (χ2v) is 8.13. The predicted octanol–water partition coefficient (Wildman–Crippen LogP) is 4.53. The monoisotopic (exact) mass is 455 g/mol. The number of halogens is 4. The number of aromatic nitrogens is 1. The van der Waals surface area contributed by atoms with Crippen molar-refractivity contribution in [1.29, 1.82) is 0 Å². The van der Waals surface area contributed by atoms with E-state index in [2.05, 4.69) is 10.3 Å². The van der Waals surface area contributed by atoms with Gasteiger partial charge in [-0.05, 0) is 56.0 Å². The van der Waals surface area contributed by atoms with Gasteiger partial charge in [-0.1, -0.05) is 6.07 Å². The average molecular weight is 456 g/mol. The number of aryl methyl sites for hydroxylation is 1. The molecule has 2 fully saturated rings. The fraction of sp³-hybridized carbons (Fsp3) is 0.455. The predicted molar refractivity (Wildman–Crippen MR) is 113 cm³/mol. The van der Waals surface area contributed by atoms with Crippen molar-refractivity contribution in [3.63, 3.8) is 0 Å². The molecular weight excluding hydrogens is 431 g/mol. The number of hydrogen-bond donors (Lipinski definition) is 1. The minimum Gasteiger partial charge on any atom is -0.496 e. The van der Waals surface area contributed by atoms with Crippen LogP contribution in [0.25, 0.3) is 11.1 Å². The van der Waals surface area contributed by atoms with Gasteiger partial charge in [0.15, 0.2) is 0 Å². The van der Waals surface area contributed by atoms with Gasteiger partial charge in [0, 0.05) is 24.8 Å². The lowest BCUT2D eigenvalue weighted by atomic mass is 9.96. The highest BCUT2D eigenvalue weighted by atomic mass is 35.5. The number of alkyl halides is 3. The summed E-state index contributed by atoms with van der Waals surface area (Å²) in [5, 5.41) is 3.49. The van der Waals surface area contributed by atoms with E-state index >= 15 is 0 Å². The van der Waals surface area contributed by atoms with E-state index in [4.69, 9.17) is 4.74 Å². The number of amides is 1. The number of methoxy groups -OCH3 is 1. The number of pyridine rings is 1. The van der Waals surface area contributed by atoms with Crippen LogP contribution in [-0.4, -0.2) is 42.0 Å². The summed E-state index contributed by atoms with van der Waals surface area (Å²) in [6.07, 6.45) is -2.15. The molecule has 5 nitrogen and oxygen atoms in total. The number of nitrogens with one attached hydrogen (secondary N) is 1. The molecular formula is C22H25ClF3N3O2. The van der Waals surface area contributed by atoms with Gasteiger partial charge in [0.2, 0.25) is 5.91 Å². The lowest BCUT2D eigenvalue weighted by Gasteiger charge is -2.23. The quantitative estimate of drug-likeness (QED) is 0.738. The first-order valence-corrected chi connectivity index (χ1v) is 9.90. The first kappa shape index (κ1) is 23.3. The van der Waals surface area contributed by atoms with Crippen LogP contribution in [0.4, 0.5) is 13.2 Å². The molecule has 2 aliphatic heterocycles. The summed E-state index contributed by atoms with van der Waals surface area (Å²) in [5.41, 5.74) is 1.56. The molecule has 2 atom stereocenters. The van der Waals surface area contributed by atoms with Gasteiger partial charge >= 0.3 is 6.18 Å². The Labute approximate surface area is 185 Å². The summed E-state index contributed by atoms with van der Waals surface area (Å²) in [7, 11) is 3.17. The van der Waals surface area contributed by atoms with Crippen molar-refractivity contribution >= 4 is 18.3 Å². The zero-order chi connectivity index (χ0) is 21.7. The summed E-state index contributed by atoms with van der Waals surface area (Å²) < 4.78 is 44.5. The molecule has 9 heteroatoms. The van der Waals surface area contributed by atoms with E-state index in [1.165, 1.54) is 13.2 Å². The molecule has 2 aromatic rings. The van der Waals surface area contributed by atoms with Crippen LogP contribution in [0.15, 0.2) is 30.3 Å². The highest BCUT2D eigenvalue weighted by molar-refractivity contribution is 5.88. The molecule has 3 heterocycles. The van der Waals surface area contributed by atoms with Crippen molar-refractivity contribution in [3.8, 4) is 16.9 Å². The molecule has 4 rings (SSSR count). The Kier molecular flexibility index (Phi) is 6.26. The summed E-state index contributed by atoms with van der Waals surface area (Å²) in [5.74, 6) is 0.270. The van der Waals surface area contributed by atoms with Gasteiger partial charge in [-0.2, -0.15) is 13.2 Å². The van der Waals surface area contributed by atoms with Gasteiger partial charge in [0.05, 0.1) is 24.4 Å². The molecule has 0 bridgehead atoms. The van der Waals surface area contributed by atoms with Crippen molar-refractivity contribution in [2.24, 2.45) is 0 Å². The van der Waals surface area contributed by atoms with E-state index in [0.717, 1.165) is 54.9 Å². The van der Waals surface area contributed by atoms with E-state index in [1.54, 1.807) is 4.90 Å². The van der Waals surface area contributed by atoms with E-state index in [9.17, 15) is 18.0 Å². The molecule has 31 heavy (non-hydrogen) atoms. The second-order valence-electron chi connectivity index (χ2n) is 8.13. The molecule has 1 spiro atoms. The van der Waals surface area contributed by atoms with Crippen LogP contribution < -0.4 is 10.1 Å². The van der Waals surface area contributed by atoms with Crippen molar-refractivity contribution in [3.05, 3.63) is 47.3 Å². The van der Waals surface area contributed by atoms with Gasteiger partial charge in [-0.25, -0.2) is 0 Å². The number of likely N-dealkylation sites (N-methyl/N-ethyl adjacent to an activating group) is 1. The van der Waals surface area contributed by atoms with Gasteiger partial charge in [0.25, 0.3) is 0 Å². The zero-order valence-electron chi connectivity index (χ0n) is 17.5. The van der Waals surface area contributed by atoms with Crippen molar-refractivity contribution in [1.82, 2.24) is 15.2 Å². The number of likely N-dealkylation sites (tertiary alicyclic amines) is 1. The third-order valence-corrected chi connectivity index (χ3v) is 6.11. The van der Waals surface area contributed by atoms with Gasteiger partial charge in [-0.3, -0.25) is 15.1 Å². The Balaban J connectivity index is 0.00000272. The van der Waals surface area contributed by atoms with Crippen LogP contribution in [0.1, 0.15) is 42.3 Å². The first-order chi connectivity index (χ1) is 14.1. The summed E-state index contributed by atoms with van der Waals surface area (Å²) >= 11 is 0. The molecule has 2 aliphatic rings. The normalized spacial score (nSPS) is 23.4. The van der Waals surface area contributed by atoms with Crippen LogP contribution >= 0.6 is 12.4 Å². The van der Waals surface area contributed by atoms with Crippen molar-refractivity contribution in [2.75, 3.05) is 20.7 Å². The molecule has 0 radical (unpaired) electrons. The first-order valence-electron chi connectivity index (χ1n) is 9.90. The van der Waals surface area contributed by atoms with Crippen LogP contribution in [0.5, 0.6) is 5.75 Å². The molecule has 168 valence electrons. The molecule has 2 saturated heterocycles. The van der Waals surface area contributed by atoms with Crippen LogP contribution in [0.3, 0.4) is 0 Å². The van der Waals surface area contributed by atoms with E-state index in [0.29, 0.717) is 5.56 Å². The van der Waals surface area contributed by atoms with Crippen LogP contribution in [0, 0.1) is 6.92 Å². The molecule has 1 N–H and O–H groups in total. The molecule has 0 aliphatic carbocycles. The van der Waals surface area contributed by atoms with E-state index in [1.807, 2.05) is 26.1 Å². The maximum Gasteiger partial charge on any atom is 0.416 e. The largest absolute Gasteiger partial charge is 0.496 e. The third-order valence-electron chi connectivity index (χ3n) is 6.11. The number of ether oxygens (including phenoxy) is 1. The number of hydrogen-bond acceptors (Lipinski definition) is 4. The molecule has 1 aromatic heterocycles. The molecule has 0 unspecified atom stereocenters. The highest BCUT2D eigenvalue weighted by Gasteiger charge is 2.50. The van der Waals surface area contributed by atoms with Gasteiger partial charge < -0.3 is 9.64 Å². The average Bonchev–Trinajstić information content (AvgIpc) is 3.26. The maximum absolute atomic E-state index is 13.1. The zero-order valence-corrected chi connectivity index (χ0v) is 18.4. The van der Waals surface area contributed by atoms with Crippen LogP contribution in [0.2, 0.25) is 0 Å². The van der Waals surface area contributed by atoms with E-state index in [-0.39, 0.29) is 30.1 Å². The summed E-state index contributed by atoms with van der Waals surface area (Å²) in [6, 6.07) is 7.12. The molecule has 0 saturated carbocycles. The third kappa shape index (κ3) is 4.23. The topological polar surface area (TPSA) is 54.5 Å². The molecule has 1 amide bonds. The summed E-state index contributed by atoms with van der Waals surface area (Å²) in [4.78, 5) is 19.0. The lowest BCUT2D eigenvalue weighted by molar-refractivity contribution is -0.137. The Bertz CT molecular complexity index is 998. The number of benzene rings is 1. The number of nitrogens with zero attached hydrogens (tertiary/aromatic N) is 2. The fourth-order valence-corrected chi connectivity index (χ4v) is 4.52. The SMILES string of the molecule is COc1cc(C(F)(F)F)ccc1-c1cc(C)nc([C@@H]2CC[C@]3(CCN(C)C3=O)N2)c1.Cl. The summed E-state index contributed by atoms with van der Waals surface area (Å²) in [6.45, 7) is 2.58. The number of rotatable bonds is 3. The van der Waals surface area contributed by atoms with Gasteiger partial charge in [0.1, 0.15) is 11.3 Å². The van der Waals surface area contributed by atoms with Gasteiger partial charge in [-0.15, -0.1) is 12.4 Å². The Morgan fingerprint density at radius 3 is 2.58 bits per heavy atom.